The van der Waals surface area contributed by atoms with Gasteiger partial charge >= 0.3 is 6.01 Å². The van der Waals surface area contributed by atoms with Gasteiger partial charge in [-0.15, -0.1) is 0 Å². The smallest absolute Gasteiger partial charge is 0.318 e. The van der Waals surface area contributed by atoms with Crippen LogP contribution in [0.15, 0.2) is 49.1 Å². The number of anilines is 2. The van der Waals surface area contributed by atoms with Crippen LogP contribution in [0.5, 0.6) is 6.01 Å². The van der Waals surface area contributed by atoms with Crippen molar-refractivity contribution in [3.63, 3.8) is 0 Å². The first-order valence-electron chi connectivity index (χ1n) is 10.4. The minimum Gasteiger partial charge on any atom is -0.467 e. The summed E-state index contributed by atoms with van der Waals surface area (Å²) < 4.78 is 5.39. The highest BCUT2D eigenvalue weighted by Gasteiger charge is 2.35. The van der Waals surface area contributed by atoms with E-state index in [-0.39, 0.29) is 11.7 Å². The van der Waals surface area contributed by atoms with Gasteiger partial charge in [-0.05, 0) is 30.0 Å². The Morgan fingerprint density at radius 3 is 2.71 bits per heavy atom. The van der Waals surface area contributed by atoms with Gasteiger partial charge in [-0.3, -0.25) is 4.79 Å². The molecule has 6 nitrogen and oxygen atoms in total. The lowest BCUT2D eigenvalue weighted by molar-refractivity contribution is -0.118. The van der Waals surface area contributed by atoms with E-state index in [4.69, 9.17) is 16.3 Å². The number of nitrogens with zero attached hydrogens (tertiary/aromatic N) is 4. The number of hydrogen-bond acceptors (Lipinski definition) is 6. The quantitative estimate of drug-likeness (QED) is 0.565. The Hall–Kier alpha value is -3.12. The molecule has 0 amide bonds. The average molecular weight is 435 g/mol. The summed E-state index contributed by atoms with van der Waals surface area (Å²) in [5.74, 6) is 0.961. The molecule has 158 valence electrons. The molecule has 3 aromatic rings. The number of benzene rings is 2. The van der Waals surface area contributed by atoms with E-state index in [2.05, 4.69) is 50.6 Å². The van der Waals surface area contributed by atoms with Gasteiger partial charge in [0, 0.05) is 36.3 Å². The van der Waals surface area contributed by atoms with Gasteiger partial charge in [0.25, 0.3) is 0 Å². The third-order valence-electron chi connectivity index (χ3n) is 6.16. The van der Waals surface area contributed by atoms with E-state index < -0.39 is 0 Å². The molecule has 3 heterocycles. The summed E-state index contributed by atoms with van der Waals surface area (Å²) >= 11 is 6.56. The second kappa shape index (κ2) is 7.85. The second-order valence-electron chi connectivity index (χ2n) is 7.95. The van der Waals surface area contributed by atoms with E-state index in [1.165, 1.54) is 6.08 Å². The van der Waals surface area contributed by atoms with Crippen LogP contribution >= 0.6 is 11.6 Å². The van der Waals surface area contributed by atoms with Crippen LogP contribution in [-0.2, 0) is 17.8 Å². The van der Waals surface area contributed by atoms with Gasteiger partial charge in [0.05, 0.1) is 30.3 Å². The Morgan fingerprint density at radius 2 is 1.97 bits per heavy atom. The second-order valence-corrected chi connectivity index (χ2v) is 8.36. The first-order valence-corrected chi connectivity index (χ1v) is 10.7. The molecule has 0 unspecified atom stereocenters. The van der Waals surface area contributed by atoms with Crippen LogP contribution in [0.3, 0.4) is 0 Å². The van der Waals surface area contributed by atoms with Gasteiger partial charge in [-0.2, -0.15) is 9.97 Å². The number of carbonyl (C=O) groups is 1. The number of methoxy groups -OCH3 is 1. The predicted octanol–water partition coefficient (Wildman–Crippen LogP) is 4.05. The van der Waals surface area contributed by atoms with Crippen molar-refractivity contribution in [3.8, 4) is 6.01 Å². The first-order chi connectivity index (χ1) is 15.1. The van der Waals surface area contributed by atoms with E-state index in [0.717, 1.165) is 51.5 Å². The molecule has 0 bridgehead atoms. The average Bonchev–Trinajstić information content (AvgIpc) is 2.77. The zero-order valence-corrected chi connectivity index (χ0v) is 18.1. The fraction of sp³-hybridized carbons (Fsp3) is 0.292. The van der Waals surface area contributed by atoms with E-state index >= 15 is 0 Å². The van der Waals surface area contributed by atoms with Gasteiger partial charge in [0.2, 0.25) is 0 Å². The van der Waals surface area contributed by atoms with Crippen LogP contribution in [0.1, 0.15) is 11.3 Å². The Balaban J connectivity index is 1.49. The number of allylic oxidation sites excluding steroid dienone is 1. The van der Waals surface area contributed by atoms with Crippen LogP contribution in [0.2, 0.25) is 5.02 Å². The van der Waals surface area contributed by atoms with Crippen molar-refractivity contribution in [1.82, 2.24) is 9.97 Å². The van der Waals surface area contributed by atoms with E-state index in [0.29, 0.717) is 25.6 Å². The van der Waals surface area contributed by atoms with Gasteiger partial charge in [-0.1, -0.05) is 42.4 Å². The van der Waals surface area contributed by atoms with Crippen molar-refractivity contribution in [2.24, 2.45) is 5.92 Å². The number of rotatable bonds is 5. The van der Waals surface area contributed by atoms with Gasteiger partial charge < -0.3 is 14.5 Å². The lowest BCUT2D eigenvalue weighted by atomic mass is 9.93. The Labute approximate surface area is 186 Å². The predicted molar refractivity (Wildman–Crippen MR) is 123 cm³/mol. The van der Waals surface area contributed by atoms with Crippen LogP contribution in [0.4, 0.5) is 11.5 Å². The molecule has 2 aliphatic rings. The molecule has 5 rings (SSSR count). The van der Waals surface area contributed by atoms with E-state index in [1.54, 1.807) is 7.11 Å². The highest BCUT2D eigenvalue weighted by molar-refractivity contribution is 6.36. The molecule has 0 saturated carbocycles. The van der Waals surface area contributed by atoms with Crippen LogP contribution in [0.25, 0.3) is 10.8 Å². The van der Waals surface area contributed by atoms with E-state index in [9.17, 15) is 4.79 Å². The number of hydrogen-bond donors (Lipinski definition) is 0. The summed E-state index contributed by atoms with van der Waals surface area (Å²) in [4.78, 5) is 25.6. The van der Waals surface area contributed by atoms with Crippen LogP contribution < -0.4 is 14.5 Å². The van der Waals surface area contributed by atoms with Crippen molar-refractivity contribution < 1.29 is 9.53 Å². The van der Waals surface area contributed by atoms with Crippen molar-refractivity contribution >= 4 is 39.7 Å². The SMILES string of the molecule is C=CC(=O)C1CN(c2nc(OC)nc3c2CCN(c2cccc4cccc(Cl)c24)C3)C1. The standard InChI is InChI=1S/C24H23ClN4O2/c1-3-21(30)16-12-29(13-16)23-17-10-11-28(14-19(17)26-24(27-23)31-2)20-9-5-7-15-6-4-8-18(25)22(15)20/h3-9,16H,1,10-14H2,2H3. The molecule has 1 fully saturated rings. The summed E-state index contributed by atoms with van der Waals surface area (Å²) in [6, 6.07) is 12.6. The lowest BCUT2D eigenvalue weighted by Gasteiger charge is -2.41. The monoisotopic (exact) mass is 434 g/mol. The number of ether oxygens (including phenoxy) is 1. The van der Waals surface area contributed by atoms with Crippen molar-refractivity contribution in [1.29, 1.82) is 0 Å². The molecule has 31 heavy (non-hydrogen) atoms. The number of carbonyl (C=O) groups excluding carboxylic acids is 1. The molecule has 0 radical (unpaired) electrons. The topological polar surface area (TPSA) is 58.6 Å². The third-order valence-corrected chi connectivity index (χ3v) is 6.48. The Bertz CT molecular complexity index is 1180. The lowest BCUT2D eigenvalue weighted by Crippen LogP contribution is -2.51. The molecule has 7 heteroatoms. The largest absolute Gasteiger partial charge is 0.467 e. The fourth-order valence-corrected chi connectivity index (χ4v) is 4.76. The number of halogens is 1. The first kappa shape index (κ1) is 19.8. The molecule has 0 N–H and O–H groups in total. The maximum atomic E-state index is 11.9. The highest BCUT2D eigenvalue weighted by Crippen LogP contribution is 2.37. The third kappa shape index (κ3) is 3.41. The van der Waals surface area contributed by atoms with Gasteiger partial charge in [0.15, 0.2) is 5.78 Å². The summed E-state index contributed by atoms with van der Waals surface area (Å²) in [7, 11) is 1.58. The minimum absolute atomic E-state index is 0.00738. The highest BCUT2D eigenvalue weighted by atomic mass is 35.5. The van der Waals surface area contributed by atoms with Gasteiger partial charge in [0.1, 0.15) is 5.82 Å². The minimum atomic E-state index is -0.00738. The zero-order valence-electron chi connectivity index (χ0n) is 17.3. The molecular formula is C24H23ClN4O2. The molecule has 0 aliphatic carbocycles. The summed E-state index contributed by atoms with van der Waals surface area (Å²) in [6.45, 7) is 6.38. The summed E-state index contributed by atoms with van der Waals surface area (Å²) in [5.41, 5.74) is 3.19. The normalized spacial score (nSPS) is 16.1. The van der Waals surface area contributed by atoms with Crippen LogP contribution in [0, 0.1) is 5.92 Å². The Kier molecular flexibility index (Phi) is 5.02. The van der Waals surface area contributed by atoms with Crippen LogP contribution in [-0.4, -0.2) is 42.5 Å². The van der Waals surface area contributed by atoms with Crippen molar-refractivity contribution in [2.45, 2.75) is 13.0 Å². The molecule has 2 aromatic carbocycles. The zero-order chi connectivity index (χ0) is 21.5. The molecule has 1 saturated heterocycles. The summed E-state index contributed by atoms with van der Waals surface area (Å²) in [5, 5.41) is 2.93. The molecular weight excluding hydrogens is 412 g/mol. The molecule has 1 aromatic heterocycles. The molecule has 0 atom stereocenters. The fourth-order valence-electron chi connectivity index (χ4n) is 4.48. The Morgan fingerprint density at radius 1 is 1.19 bits per heavy atom. The summed E-state index contributed by atoms with van der Waals surface area (Å²) in [6.07, 6.45) is 2.22. The maximum Gasteiger partial charge on any atom is 0.318 e. The van der Waals surface area contributed by atoms with Crippen molar-refractivity contribution in [3.05, 3.63) is 65.3 Å². The molecule has 2 aliphatic heterocycles. The molecule has 0 spiro atoms. The number of ketones is 1. The van der Waals surface area contributed by atoms with Gasteiger partial charge in [-0.25, -0.2) is 0 Å². The number of fused-ring (bicyclic) bond motifs is 2. The van der Waals surface area contributed by atoms with Crippen molar-refractivity contribution in [2.75, 3.05) is 36.5 Å². The maximum absolute atomic E-state index is 11.9. The van der Waals surface area contributed by atoms with E-state index in [1.807, 2.05) is 12.1 Å². The number of aromatic nitrogens is 2.